The lowest BCUT2D eigenvalue weighted by Gasteiger charge is -2.11. The molecule has 0 aliphatic carbocycles. The van der Waals surface area contributed by atoms with Crippen molar-refractivity contribution in [1.82, 2.24) is 0 Å². The van der Waals surface area contributed by atoms with Gasteiger partial charge in [-0.15, -0.1) is 10.2 Å². The van der Waals surface area contributed by atoms with Crippen molar-refractivity contribution in [1.29, 1.82) is 0 Å². The van der Waals surface area contributed by atoms with E-state index >= 15 is 0 Å². The van der Waals surface area contributed by atoms with E-state index in [-0.39, 0.29) is 35.9 Å². The second-order valence-corrected chi connectivity index (χ2v) is 17.9. The van der Waals surface area contributed by atoms with Crippen LogP contribution in [-0.4, -0.2) is 50.0 Å². The van der Waals surface area contributed by atoms with Crippen LogP contribution in [0.2, 0.25) is 0 Å². The topological polar surface area (TPSA) is 260 Å². The normalized spacial score (nSPS) is 12.3. The summed E-state index contributed by atoms with van der Waals surface area (Å²) in [6.45, 7) is 6.30. The molecule has 0 radical (unpaired) electrons. The summed E-state index contributed by atoms with van der Waals surface area (Å²) in [4.78, 5) is -0.414. The Morgan fingerprint density at radius 1 is 0.600 bits per heavy atom. The van der Waals surface area contributed by atoms with Gasteiger partial charge in [-0.05, 0) is 140 Å². The molecule has 0 spiro atoms. The summed E-state index contributed by atoms with van der Waals surface area (Å²) < 4.78 is 76.6. The monoisotopic (exact) mass is 916 g/mol. The number of phenolic OH excluding ortho intramolecular Hbond substituents is 1. The third-order valence-electron chi connectivity index (χ3n) is 9.91. The number of nitrogen functional groups attached to an aromatic ring is 1. The molecule has 0 fully saturated rings. The Kier molecular flexibility index (Phi) is 13.8. The van der Waals surface area contributed by atoms with E-state index in [0.29, 0.717) is 57.2 Å². The van der Waals surface area contributed by atoms with Crippen LogP contribution in [0.1, 0.15) is 30.9 Å². The molecule has 65 heavy (non-hydrogen) atoms. The van der Waals surface area contributed by atoms with Crippen molar-refractivity contribution in [2.75, 3.05) is 30.0 Å². The Labute approximate surface area is 374 Å². The average molecular weight is 917 g/mol. The van der Waals surface area contributed by atoms with Gasteiger partial charge in [0, 0.05) is 28.2 Å². The number of benzene rings is 7. The summed E-state index contributed by atoms with van der Waals surface area (Å²) in [5, 5.41) is 43.8. The molecule has 19 heteroatoms. The van der Waals surface area contributed by atoms with Crippen molar-refractivity contribution in [2.24, 2.45) is 30.7 Å². The number of nitrogens with two attached hydrogens (primary N) is 1. The molecule has 0 aliphatic heterocycles. The summed E-state index contributed by atoms with van der Waals surface area (Å²) in [7, 11) is -8.70. The molecule has 0 amide bonds. The van der Waals surface area contributed by atoms with Crippen LogP contribution in [0.3, 0.4) is 0 Å². The molecule has 0 heterocycles. The fourth-order valence-electron chi connectivity index (χ4n) is 6.64. The summed E-state index contributed by atoms with van der Waals surface area (Å²) in [5.41, 5.74) is 10.7. The fraction of sp³-hybridized carbons (Fsp3) is 0.174. The van der Waals surface area contributed by atoms with Crippen LogP contribution < -0.4 is 20.5 Å². The number of nitrogens with zero attached hydrogens (tertiary/aromatic N) is 6. The van der Waals surface area contributed by atoms with E-state index in [1.54, 1.807) is 66.7 Å². The van der Waals surface area contributed by atoms with Gasteiger partial charge < -0.3 is 25.6 Å². The fourth-order valence-corrected chi connectivity index (χ4v) is 7.76. The summed E-state index contributed by atoms with van der Waals surface area (Å²) in [6.07, 6.45) is 0.924. The molecule has 0 aliphatic rings. The van der Waals surface area contributed by atoms with Crippen LogP contribution in [0.5, 0.6) is 17.2 Å². The predicted molar refractivity (Wildman–Crippen MR) is 251 cm³/mol. The number of anilines is 3. The highest BCUT2D eigenvalue weighted by molar-refractivity contribution is 7.86. The molecule has 7 rings (SSSR count). The zero-order chi connectivity index (χ0) is 46.3. The van der Waals surface area contributed by atoms with Crippen LogP contribution in [0, 0.1) is 13.8 Å². The first kappa shape index (κ1) is 45.7. The predicted octanol–water partition coefficient (Wildman–Crippen LogP) is 12.6. The molecule has 6 N–H and O–H groups in total. The zero-order valence-electron chi connectivity index (χ0n) is 35.4. The summed E-state index contributed by atoms with van der Waals surface area (Å²) >= 11 is 0. The van der Waals surface area contributed by atoms with Crippen molar-refractivity contribution >= 4 is 93.0 Å². The van der Waals surface area contributed by atoms with Crippen molar-refractivity contribution in [2.45, 2.75) is 38.5 Å². The maximum absolute atomic E-state index is 11.7. The molecule has 0 unspecified atom stereocenters. The second kappa shape index (κ2) is 19.6. The van der Waals surface area contributed by atoms with Crippen LogP contribution in [0.4, 0.5) is 51.2 Å². The Morgan fingerprint density at radius 2 is 1.23 bits per heavy atom. The molecule has 7 aromatic rings. The number of fused-ring (bicyclic) bond motifs is 2. The Hall–Kier alpha value is -7.32. The first-order chi connectivity index (χ1) is 31.0. The van der Waals surface area contributed by atoms with Gasteiger partial charge in [0.2, 0.25) is 0 Å². The van der Waals surface area contributed by atoms with Gasteiger partial charge >= 0.3 is 0 Å². The van der Waals surface area contributed by atoms with E-state index < -0.39 is 30.9 Å². The number of ether oxygens (including phenoxy) is 2. The Bertz CT molecular complexity index is 3250. The molecule has 7 aromatic carbocycles. The number of hydrogen-bond acceptors (Lipinski definition) is 15. The second-order valence-electron chi connectivity index (χ2n) is 14.9. The van der Waals surface area contributed by atoms with Gasteiger partial charge in [0.05, 0.1) is 47.4 Å². The highest BCUT2D eigenvalue weighted by atomic mass is 32.2. The standard InChI is InChI=1S/C46H44N8O9S2/c1-4-19-62-43-8-5-7-30-25-35(11-14-36(30)43)50-53-41-27-44(63-20-6-21-64(56,57)58)42(23-29(41)3)54-51-39-18-13-34(22-28(39)2)49-52-40-17-9-31-24-32(10-15-37(31)46(40)55)48-33-12-16-38(47)45(26-33)65(59,60)61/h5,7-18,22-27,48,55H,4,6,19-21,47H2,1-3H3,(H,56,57,58)(H,59,60,61). The van der Waals surface area contributed by atoms with Gasteiger partial charge in [-0.1, -0.05) is 25.1 Å². The van der Waals surface area contributed by atoms with Crippen LogP contribution in [0.25, 0.3) is 21.5 Å². The quantitative estimate of drug-likeness (QED) is 0.0248. The smallest absolute Gasteiger partial charge is 0.296 e. The van der Waals surface area contributed by atoms with Gasteiger partial charge in [0.15, 0.2) is 5.75 Å². The minimum absolute atomic E-state index is 0.0294. The van der Waals surface area contributed by atoms with E-state index in [2.05, 4.69) is 42.9 Å². The molecule has 0 saturated heterocycles. The average Bonchev–Trinajstić information content (AvgIpc) is 3.26. The number of nitrogens with one attached hydrogen (secondary N) is 1. The maximum atomic E-state index is 11.7. The first-order valence-corrected chi connectivity index (χ1v) is 23.2. The number of aromatic hydroxyl groups is 1. The van der Waals surface area contributed by atoms with E-state index in [9.17, 15) is 31.0 Å². The van der Waals surface area contributed by atoms with Gasteiger partial charge in [-0.2, -0.15) is 37.3 Å². The molecule has 0 saturated carbocycles. The van der Waals surface area contributed by atoms with Gasteiger partial charge in [-0.25, -0.2) is 0 Å². The molecular weight excluding hydrogens is 873 g/mol. The number of aryl methyl sites for hydroxylation is 2. The van der Waals surface area contributed by atoms with Gasteiger partial charge in [0.25, 0.3) is 20.2 Å². The van der Waals surface area contributed by atoms with E-state index in [1.807, 2.05) is 50.2 Å². The largest absolute Gasteiger partial charge is 0.505 e. The molecule has 334 valence electrons. The lowest BCUT2D eigenvalue weighted by molar-refractivity contribution is 0.317. The lowest BCUT2D eigenvalue weighted by Crippen LogP contribution is -2.08. The Balaban J connectivity index is 1.07. The molecular formula is C46H44N8O9S2. The van der Waals surface area contributed by atoms with E-state index in [0.717, 1.165) is 34.1 Å². The molecule has 0 bridgehead atoms. The highest BCUT2D eigenvalue weighted by Crippen LogP contribution is 2.40. The van der Waals surface area contributed by atoms with Crippen LogP contribution >= 0.6 is 0 Å². The number of azo groups is 3. The lowest BCUT2D eigenvalue weighted by atomic mass is 10.1. The third-order valence-corrected chi connectivity index (χ3v) is 11.6. The summed E-state index contributed by atoms with van der Waals surface area (Å²) in [5.74, 6) is 0.505. The highest BCUT2D eigenvalue weighted by Gasteiger charge is 2.16. The van der Waals surface area contributed by atoms with Crippen molar-refractivity contribution in [3.63, 3.8) is 0 Å². The number of rotatable bonds is 17. The van der Waals surface area contributed by atoms with Gasteiger partial charge in [0.1, 0.15) is 27.8 Å². The van der Waals surface area contributed by atoms with Gasteiger partial charge in [-0.3, -0.25) is 9.11 Å². The molecule has 17 nitrogen and oxygen atoms in total. The van der Waals surface area contributed by atoms with Crippen molar-refractivity contribution in [3.05, 3.63) is 126 Å². The minimum Gasteiger partial charge on any atom is -0.505 e. The van der Waals surface area contributed by atoms with Crippen molar-refractivity contribution in [3.8, 4) is 17.2 Å². The van der Waals surface area contributed by atoms with Crippen LogP contribution in [0.15, 0.2) is 151 Å². The first-order valence-electron chi connectivity index (χ1n) is 20.2. The maximum Gasteiger partial charge on any atom is 0.296 e. The van der Waals surface area contributed by atoms with Crippen LogP contribution in [-0.2, 0) is 20.2 Å². The third kappa shape index (κ3) is 11.6. The Morgan fingerprint density at radius 3 is 1.98 bits per heavy atom. The minimum atomic E-state index is -4.52. The number of hydrogen-bond donors (Lipinski definition) is 5. The summed E-state index contributed by atoms with van der Waals surface area (Å²) in [6, 6.07) is 32.8. The molecule has 0 aromatic heterocycles. The van der Waals surface area contributed by atoms with E-state index in [4.69, 9.17) is 15.2 Å². The van der Waals surface area contributed by atoms with Crippen molar-refractivity contribution < 1.29 is 40.5 Å². The molecule has 0 atom stereocenters. The van der Waals surface area contributed by atoms with E-state index in [1.165, 1.54) is 12.1 Å². The SMILES string of the molecule is CCCOc1cccc2cc(N=Nc3cc(OCCCS(=O)(=O)O)c(N=Nc4ccc(N=Nc5ccc6cc(Nc7ccc(N)c(S(=O)(=O)O)c7)ccc6c5O)cc4C)cc3C)ccc12. The zero-order valence-corrected chi connectivity index (χ0v) is 37.0. The number of phenols is 1.